The van der Waals surface area contributed by atoms with Crippen molar-refractivity contribution in [2.75, 3.05) is 11.4 Å². The second kappa shape index (κ2) is 6.35. The van der Waals surface area contributed by atoms with Crippen LogP contribution < -0.4 is 4.90 Å². The van der Waals surface area contributed by atoms with Crippen molar-refractivity contribution in [3.05, 3.63) is 75.8 Å². The number of aliphatic hydroxyl groups is 1. The number of aromatic nitrogens is 1. The number of hydrogen-bond donors (Lipinski definition) is 2. The molecule has 6 heteroatoms. The number of nitrogens with zero attached hydrogens (tertiary/aromatic N) is 2. The van der Waals surface area contributed by atoms with Crippen molar-refractivity contribution in [3.8, 4) is 11.3 Å². The van der Waals surface area contributed by atoms with Crippen molar-refractivity contribution in [3.63, 3.8) is 0 Å². The van der Waals surface area contributed by atoms with Gasteiger partial charge in [-0.05, 0) is 24.3 Å². The van der Waals surface area contributed by atoms with Crippen molar-refractivity contribution in [2.24, 2.45) is 0 Å². The standard InChI is InChI=1S/C19H14ClN3OS/c20-13-8-6-12(7-9-13)15-11-25-19(22-15)17-16(24)10-23(18(17)21)14-4-2-1-3-5-14/h1-9,11,21,24H,10H2. The van der Waals surface area contributed by atoms with Crippen molar-refractivity contribution in [1.29, 1.82) is 5.41 Å². The first-order valence-corrected chi connectivity index (χ1v) is 8.94. The largest absolute Gasteiger partial charge is 0.510 e. The summed E-state index contributed by atoms with van der Waals surface area (Å²) in [5.41, 5.74) is 3.14. The number of halogens is 1. The van der Waals surface area contributed by atoms with Crippen molar-refractivity contribution >= 4 is 40.0 Å². The Labute approximate surface area is 154 Å². The fourth-order valence-corrected chi connectivity index (χ4v) is 3.80. The zero-order valence-electron chi connectivity index (χ0n) is 13.1. The summed E-state index contributed by atoms with van der Waals surface area (Å²) in [6.07, 6.45) is 0. The van der Waals surface area contributed by atoms with Gasteiger partial charge in [-0.15, -0.1) is 11.3 Å². The number of para-hydroxylation sites is 1. The molecule has 2 N–H and O–H groups in total. The summed E-state index contributed by atoms with van der Waals surface area (Å²) in [5, 5.41) is 22.1. The molecule has 1 aliphatic heterocycles. The fourth-order valence-electron chi connectivity index (χ4n) is 2.77. The molecule has 0 fully saturated rings. The summed E-state index contributed by atoms with van der Waals surface area (Å²) in [5.74, 6) is 0.437. The van der Waals surface area contributed by atoms with Gasteiger partial charge in [0, 0.05) is 21.7 Å². The smallest absolute Gasteiger partial charge is 0.139 e. The molecule has 0 atom stereocenters. The first kappa shape index (κ1) is 15.9. The number of rotatable bonds is 3. The summed E-state index contributed by atoms with van der Waals surface area (Å²) in [4.78, 5) is 6.38. The molecule has 0 bridgehead atoms. The van der Waals surface area contributed by atoms with Gasteiger partial charge >= 0.3 is 0 Å². The third-order valence-corrected chi connectivity index (χ3v) is 5.14. The van der Waals surface area contributed by atoms with E-state index in [-0.39, 0.29) is 18.1 Å². The third kappa shape index (κ3) is 2.92. The highest BCUT2D eigenvalue weighted by atomic mass is 35.5. The Morgan fingerprint density at radius 3 is 2.52 bits per heavy atom. The van der Waals surface area contributed by atoms with Crippen LogP contribution in [0.25, 0.3) is 16.8 Å². The predicted molar refractivity (Wildman–Crippen MR) is 104 cm³/mol. The normalized spacial score (nSPS) is 14.4. The molecule has 1 aliphatic rings. The van der Waals surface area contributed by atoms with E-state index >= 15 is 0 Å². The van der Waals surface area contributed by atoms with Crippen LogP contribution in [0.2, 0.25) is 5.02 Å². The number of hydrogen-bond acceptors (Lipinski definition) is 4. The Balaban J connectivity index is 1.65. The minimum Gasteiger partial charge on any atom is -0.510 e. The number of aliphatic hydroxyl groups excluding tert-OH is 1. The number of anilines is 1. The molecule has 2 aromatic carbocycles. The van der Waals surface area contributed by atoms with E-state index in [0.717, 1.165) is 16.9 Å². The average molecular weight is 368 g/mol. The second-order valence-electron chi connectivity index (χ2n) is 5.64. The summed E-state index contributed by atoms with van der Waals surface area (Å²) >= 11 is 7.35. The maximum atomic E-state index is 10.4. The SMILES string of the molecule is N=C1C(c2nc(-c3ccc(Cl)cc3)cs2)=C(O)CN1c1ccccc1. The lowest BCUT2D eigenvalue weighted by Crippen LogP contribution is -2.25. The Morgan fingerprint density at radius 2 is 1.80 bits per heavy atom. The second-order valence-corrected chi connectivity index (χ2v) is 6.93. The molecule has 4 rings (SSSR count). The summed E-state index contributed by atoms with van der Waals surface area (Å²) in [7, 11) is 0. The number of benzene rings is 2. The minimum atomic E-state index is 0.172. The zero-order valence-corrected chi connectivity index (χ0v) is 14.7. The average Bonchev–Trinajstić information content (AvgIpc) is 3.21. The highest BCUT2D eigenvalue weighted by Gasteiger charge is 2.31. The van der Waals surface area contributed by atoms with Crippen LogP contribution in [0.5, 0.6) is 0 Å². The minimum absolute atomic E-state index is 0.172. The first-order chi connectivity index (χ1) is 12.1. The van der Waals surface area contributed by atoms with E-state index in [1.807, 2.05) is 60.0 Å². The van der Waals surface area contributed by atoms with Crippen LogP contribution in [0.4, 0.5) is 5.69 Å². The fraction of sp³-hybridized carbons (Fsp3) is 0.0526. The lowest BCUT2D eigenvalue weighted by Gasteiger charge is -2.18. The number of nitrogens with one attached hydrogen (secondary N) is 1. The van der Waals surface area contributed by atoms with Crippen LogP contribution in [0, 0.1) is 5.41 Å². The molecule has 2 heterocycles. The Morgan fingerprint density at radius 1 is 1.08 bits per heavy atom. The van der Waals surface area contributed by atoms with Crippen LogP contribution in [0.15, 0.2) is 65.7 Å². The topological polar surface area (TPSA) is 60.2 Å². The van der Waals surface area contributed by atoms with Crippen LogP contribution in [-0.4, -0.2) is 22.5 Å². The van der Waals surface area contributed by atoms with Crippen LogP contribution in [0.1, 0.15) is 5.01 Å². The Hall–Kier alpha value is -2.63. The molecule has 3 aromatic rings. The molecule has 25 heavy (non-hydrogen) atoms. The van der Waals surface area contributed by atoms with Gasteiger partial charge in [0.05, 0.1) is 17.8 Å². The van der Waals surface area contributed by atoms with Gasteiger partial charge in [-0.25, -0.2) is 4.98 Å². The molecule has 0 aliphatic carbocycles. The van der Waals surface area contributed by atoms with E-state index in [1.165, 1.54) is 11.3 Å². The van der Waals surface area contributed by atoms with Gasteiger partial charge in [0.2, 0.25) is 0 Å². The Bertz CT molecular complexity index is 964. The molecular formula is C19H14ClN3OS. The lowest BCUT2D eigenvalue weighted by molar-refractivity contribution is 0.411. The molecule has 1 aromatic heterocycles. The van der Waals surface area contributed by atoms with Crippen LogP contribution >= 0.6 is 22.9 Å². The van der Waals surface area contributed by atoms with Gasteiger partial charge in [-0.2, -0.15) is 0 Å². The zero-order chi connectivity index (χ0) is 17.4. The molecule has 124 valence electrons. The van der Waals surface area contributed by atoms with Gasteiger partial charge in [0.1, 0.15) is 16.6 Å². The maximum absolute atomic E-state index is 10.4. The number of thiazole rings is 1. The third-order valence-electron chi connectivity index (χ3n) is 4.03. The molecule has 0 saturated heterocycles. The van der Waals surface area contributed by atoms with Crippen molar-refractivity contribution in [1.82, 2.24) is 4.98 Å². The van der Waals surface area contributed by atoms with E-state index in [1.54, 1.807) is 4.90 Å². The quantitative estimate of drug-likeness (QED) is 0.666. The van der Waals surface area contributed by atoms with Gasteiger partial charge < -0.3 is 10.0 Å². The van der Waals surface area contributed by atoms with E-state index in [2.05, 4.69) is 4.98 Å². The monoisotopic (exact) mass is 367 g/mol. The molecule has 0 unspecified atom stereocenters. The Kier molecular flexibility index (Phi) is 4.03. The molecule has 0 saturated carbocycles. The first-order valence-electron chi connectivity index (χ1n) is 7.69. The van der Waals surface area contributed by atoms with E-state index < -0.39 is 0 Å². The molecule has 0 spiro atoms. The van der Waals surface area contributed by atoms with Crippen molar-refractivity contribution < 1.29 is 5.11 Å². The van der Waals surface area contributed by atoms with Gasteiger partial charge in [-0.3, -0.25) is 5.41 Å². The predicted octanol–water partition coefficient (Wildman–Crippen LogP) is 5.23. The highest BCUT2D eigenvalue weighted by Crippen LogP contribution is 2.34. The van der Waals surface area contributed by atoms with Crippen LogP contribution in [-0.2, 0) is 0 Å². The van der Waals surface area contributed by atoms with Crippen molar-refractivity contribution in [2.45, 2.75) is 0 Å². The van der Waals surface area contributed by atoms with E-state index in [9.17, 15) is 5.11 Å². The summed E-state index contributed by atoms with van der Waals surface area (Å²) < 4.78 is 0. The van der Waals surface area contributed by atoms with Gasteiger partial charge in [-0.1, -0.05) is 41.9 Å². The molecule has 0 amide bonds. The number of amidine groups is 1. The van der Waals surface area contributed by atoms with E-state index in [4.69, 9.17) is 17.0 Å². The summed E-state index contributed by atoms with van der Waals surface area (Å²) in [6, 6.07) is 17.1. The lowest BCUT2D eigenvalue weighted by atomic mass is 10.2. The molecule has 0 radical (unpaired) electrons. The van der Waals surface area contributed by atoms with Gasteiger partial charge in [0.25, 0.3) is 0 Å². The molecule has 4 nitrogen and oxygen atoms in total. The van der Waals surface area contributed by atoms with E-state index in [0.29, 0.717) is 15.6 Å². The molecular weight excluding hydrogens is 354 g/mol. The maximum Gasteiger partial charge on any atom is 0.139 e. The summed E-state index contributed by atoms with van der Waals surface area (Å²) in [6.45, 7) is 0.286. The van der Waals surface area contributed by atoms with Crippen LogP contribution in [0.3, 0.4) is 0 Å². The highest BCUT2D eigenvalue weighted by molar-refractivity contribution is 7.11. The van der Waals surface area contributed by atoms with Gasteiger partial charge in [0.15, 0.2) is 0 Å².